The highest BCUT2D eigenvalue weighted by molar-refractivity contribution is 7.89. The monoisotopic (exact) mass is 374 g/mol. The van der Waals surface area contributed by atoms with E-state index < -0.39 is 10.0 Å². The summed E-state index contributed by atoms with van der Waals surface area (Å²) in [5.74, 6) is 0.0249. The molecule has 0 heterocycles. The van der Waals surface area contributed by atoms with Crippen LogP contribution < -0.4 is 5.32 Å². The van der Waals surface area contributed by atoms with Crippen molar-refractivity contribution in [3.63, 3.8) is 0 Å². The summed E-state index contributed by atoms with van der Waals surface area (Å²) < 4.78 is 26.7. The van der Waals surface area contributed by atoms with Gasteiger partial charge in [0.05, 0.1) is 4.90 Å². The molecule has 1 N–H and O–H groups in total. The van der Waals surface area contributed by atoms with Gasteiger partial charge in [0.15, 0.2) is 0 Å². The Morgan fingerprint density at radius 3 is 2.31 bits per heavy atom. The molecule has 5 nitrogen and oxygen atoms in total. The lowest BCUT2D eigenvalue weighted by molar-refractivity contribution is 0.102. The van der Waals surface area contributed by atoms with Gasteiger partial charge in [-0.25, -0.2) is 8.42 Å². The maximum absolute atomic E-state index is 12.6. The lowest BCUT2D eigenvalue weighted by Crippen LogP contribution is -2.30. The molecular weight excluding hydrogens is 348 g/mol. The zero-order chi connectivity index (χ0) is 19.3. The number of sulfonamides is 1. The molecule has 0 bridgehead atoms. The van der Waals surface area contributed by atoms with Crippen molar-refractivity contribution in [3.8, 4) is 0 Å². The molecule has 0 aliphatic rings. The van der Waals surface area contributed by atoms with Crippen LogP contribution in [0.25, 0.3) is 0 Å². The van der Waals surface area contributed by atoms with E-state index in [1.165, 1.54) is 16.4 Å². The fraction of sp³-hybridized carbons (Fsp3) is 0.350. The lowest BCUT2D eigenvalue weighted by Gasteiger charge is -2.18. The lowest BCUT2D eigenvalue weighted by atomic mass is 10.0. The van der Waals surface area contributed by atoms with Crippen LogP contribution in [0, 0.1) is 0 Å². The maximum atomic E-state index is 12.6. The Hall–Kier alpha value is -2.18. The molecule has 6 heteroatoms. The van der Waals surface area contributed by atoms with E-state index in [0.717, 1.165) is 5.56 Å². The van der Waals surface area contributed by atoms with Gasteiger partial charge >= 0.3 is 0 Å². The average Bonchev–Trinajstić information content (AvgIpc) is 2.62. The zero-order valence-electron chi connectivity index (χ0n) is 15.7. The van der Waals surface area contributed by atoms with Crippen LogP contribution in [0.5, 0.6) is 0 Å². The SMILES string of the molecule is CCN(CC)S(=O)(=O)c1cccc(C(=O)Nc2cccc(C(C)C)c2)c1. The first-order chi connectivity index (χ1) is 12.3. The molecule has 0 saturated heterocycles. The Morgan fingerprint density at radius 1 is 1.04 bits per heavy atom. The van der Waals surface area contributed by atoms with E-state index in [1.807, 2.05) is 24.3 Å². The fourth-order valence-corrected chi connectivity index (χ4v) is 4.19. The van der Waals surface area contributed by atoms with Crippen molar-refractivity contribution in [3.05, 3.63) is 59.7 Å². The number of hydrogen-bond donors (Lipinski definition) is 1. The molecule has 2 aromatic rings. The van der Waals surface area contributed by atoms with Gasteiger partial charge in [0.1, 0.15) is 0 Å². The number of anilines is 1. The van der Waals surface area contributed by atoms with E-state index in [1.54, 1.807) is 26.0 Å². The Morgan fingerprint density at radius 2 is 1.69 bits per heavy atom. The third kappa shape index (κ3) is 4.51. The van der Waals surface area contributed by atoms with Gasteiger partial charge in [-0.2, -0.15) is 4.31 Å². The molecular formula is C20H26N2O3S. The first-order valence-corrected chi connectivity index (χ1v) is 10.2. The van der Waals surface area contributed by atoms with Crippen molar-refractivity contribution in [1.82, 2.24) is 4.31 Å². The highest BCUT2D eigenvalue weighted by Gasteiger charge is 2.22. The summed E-state index contributed by atoms with van der Waals surface area (Å²) in [6.45, 7) is 8.53. The summed E-state index contributed by atoms with van der Waals surface area (Å²) in [5.41, 5.74) is 2.13. The molecule has 0 saturated carbocycles. The van der Waals surface area contributed by atoms with Gasteiger partial charge in [-0.1, -0.05) is 45.9 Å². The van der Waals surface area contributed by atoms with Crippen LogP contribution in [0.15, 0.2) is 53.4 Å². The van der Waals surface area contributed by atoms with Crippen LogP contribution in [-0.2, 0) is 10.0 Å². The third-order valence-corrected chi connectivity index (χ3v) is 6.30. The fourth-order valence-electron chi connectivity index (χ4n) is 2.69. The summed E-state index contributed by atoms with van der Waals surface area (Å²) in [6.07, 6.45) is 0. The number of nitrogens with zero attached hydrogens (tertiary/aromatic N) is 1. The zero-order valence-corrected chi connectivity index (χ0v) is 16.5. The minimum atomic E-state index is -3.59. The molecule has 0 fully saturated rings. The highest BCUT2D eigenvalue weighted by atomic mass is 32.2. The number of benzene rings is 2. The van der Waals surface area contributed by atoms with Crippen LogP contribution in [0.2, 0.25) is 0 Å². The predicted molar refractivity (Wildman–Crippen MR) is 105 cm³/mol. The minimum Gasteiger partial charge on any atom is -0.322 e. The number of amides is 1. The second kappa shape index (κ2) is 8.47. The Balaban J connectivity index is 2.27. The smallest absolute Gasteiger partial charge is 0.255 e. The van der Waals surface area contributed by atoms with Crippen molar-refractivity contribution in [2.75, 3.05) is 18.4 Å². The first-order valence-electron chi connectivity index (χ1n) is 8.81. The number of hydrogen-bond acceptors (Lipinski definition) is 3. The van der Waals surface area contributed by atoms with Crippen molar-refractivity contribution >= 4 is 21.6 Å². The van der Waals surface area contributed by atoms with Gasteiger partial charge in [-0.15, -0.1) is 0 Å². The maximum Gasteiger partial charge on any atom is 0.255 e. The Bertz CT molecular complexity index is 872. The van der Waals surface area contributed by atoms with Crippen LogP contribution in [-0.4, -0.2) is 31.7 Å². The normalized spacial score (nSPS) is 11.8. The van der Waals surface area contributed by atoms with Gasteiger partial charge in [0.2, 0.25) is 10.0 Å². The molecule has 0 atom stereocenters. The standard InChI is InChI=1S/C20H26N2O3S/c1-5-22(6-2)26(24,25)19-12-8-10-17(14-19)20(23)21-18-11-7-9-16(13-18)15(3)4/h7-15H,5-6H2,1-4H3,(H,21,23). The first kappa shape index (κ1) is 20.1. The van der Waals surface area contributed by atoms with Gasteiger partial charge in [-0.05, 0) is 41.8 Å². The predicted octanol–water partition coefficient (Wildman–Crippen LogP) is 4.09. The minimum absolute atomic E-state index is 0.129. The second-order valence-corrected chi connectivity index (χ2v) is 8.29. The topological polar surface area (TPSA) is 66.5 Å². The van der Waals surface area contributed by atoms with Gasteiger partial charge in [0.25, 0.3) is 5.91 Å². The molecule has 0 aliphatic carbocycles. The molecule has 1 amide bonds. The molecule has 2 rings (SSSR count). The average molecular weight is 375 g/mol. The quantitative estimate of drug-likeness (QED) is 0.794. The third-order valence-electron chi connectivity index (χ3n) is 4.25. The van der Waals surface area contributed by atoms with E-state index in [0.29, 0.717) is 30.3 Å². The largest absolute Gasteiger partial charge is 0.322 e. The summed E-state index contributed by atoms with van der Waals surface area (Å²) >= 11 is 0. The van der Waals surface area contributed by atoms with Crippen LogP contribution >= 0.6 is 0 Å². The molecule has 2 aromatic carbocycles. The number of carbonyl (C=O) groups is 1. The van der Waals surface area contributed by atoms with E-state index in [-0.39, 0.29) is 10.8 Å². The summed E-state index contributed by atoms with van der Waals surface area (Å²) in [7, 11) is -3.59. The van der Waals surface area contributed by atoms with Crippen LogP contribution in [0.1, 0.15) is 49.5 Å². The van der Waals surface area contributed by atoms with Gasteiger partial charge in [0, 0.05) is 24.3 Å². The van der Waals surface area contributed by atoms with E-state index in [2.05, 4.69) is 19.2 Å². The molecule has 140 valence electrons. The van der Waals surface area contributed by atoms with Crippen molar-refractivity contribution in [1.29, 1.82) is 0 Å². The molecule has 0 aliphatic heterocycles. The van der Waals surface area contributed by atoms with Crippen LogP contribution in [0.4, 0.5) is 5.69 Å². The number of rotatable bonds is 7. The summed E-state index contributed by atoms with van der Waals surface area (Å²) in [5, 5.41) is 2.84. The highest BCUT2D eigenvalue weighted by Crippen LogP contribution is 2.20. The molecule has 0 unspecified atom stereocenters. The second-order valence-electron chi connectivity index (χ2n) is 6.35. The van der Waals surface area contributed by atoms with Gasteiger partial charge in [-0.3, -0.25) is 4.79 Å². The molecule has 0 aromatic heterocycles. The van der Waals surface area contributed by atoms with E-state index in [9.17, 15) is 13.2 Å². The Kier molecular flexibility index (Phi) is 6.56. The summed E-state index contributed by atoms with van der Waals surface area (Å²) in [4.78, 5) is 12.7. The number of carbonyl (C=O) groups excluding carboxylic acids is 1. The van der Waals surface area contributed by atoms with Crippen molar-refractivity contribution in [2.45, 2.75) is 38.5 Å². The van der Waals surface area contributed by atoms with E-state index in [4.69, 9.17) is 0 Å². The van der Waals surface area contributed by atoms with Crippen molar-refractivity contribution < 1.29 is 13.2 Å². The van der Waals surface area contributed by atoms with Crippen LogP contribution in [0.3, 0.4) is 0 Å². The Labute approximate surface area is 156 Å². The summed E-state index contributed by atoms with van der Waals surface area (Å²) in [6, 6.07) is 13.8. The van der Waals surface area contributed by atoms with E-state index >= 15 is 0 Å². The van der Waals surface area contributed by atoms with Crippen molar-refractivity contribution in [2.24, 2.45) is 0 Å². The molecule has 26 heavy (non-hydrogen) atoms. The number of nitrogens with one attached hydrogen (secondary N) is 1. The molecule has 0 radical (unpaired) electrons. The van der Waals surface area contributed by atoms with Gasteiger partial charge < -0.3 is 5.32 Å². The molecule has 0 spiro atoms.